The van der Waals surface area contributed by atoms with Gasteiger partial charge in [0.25, 0.3) is 0 Å². The molecule has 61 heavy (non-hydrogen) atoms. The highest BCUT2D eigenvalue weighted by atomic mass is 16.5. The van der Waals surface area contributed by atoms with E-state index in [1.807, 2.05) is 36.7 Å². The van der Waals surface area contributed by atoms with Gasteiger partial charge in [-0.2, -0.15) is 0 Å². The Kier molecular flexibility index (Phi) is 8.53. The van der Waals surface area contributed by atoms with Gasteiger partial charge in [-0.3, -0.25) is 9.97 Å². The highest BCUT2D eigenvalue weighted by Crippen LogP contribution is 2.81. The van der Waals surface area contributed by atoms with Gasteiger partial charge in [-0.15, -0.1) is 0 Å². The predicted octanol–water partition coefficient (Wildman–Crippen LogP) is 10.1. The molecule has 2 spiro atoms. The zero-order valence-corrected chi connectivity index (χ0v) is 35.8. The number of aliphatic hydroxyl groups excluding tert-OH is 2. The molecule has 2 N–H and O–H groups in total. The molecule has 6 aromatic rings. The minimum atomic E-state index is -0.575. The summed E-state index contributed by atoms with van der Waals surface area (Å²) in [5.41, 5.74) is 8.71. The van der Waals surface area contributed by atoms with Crippen LogP contribution in [0.2, 0.25) is 0 Å². The average molecular weight is 813 g/mol. The highest BCUT2D eigenvalue weighted by Gasteiger charge is 2.89. The van der Waals surface area contributed by atoms with E-state index >= 15 is 0 Å². The number of para-hydroxylation sites is 1. The first-order chi connectivity index (χ1) is 29.8. The van der Waals surface area contributed by atoms with Gasteiger partial charge in [0.15, 0.2) is 0 Å². The molecule has 2 saturated carbocycles. The van der Waals surface area contributed by atoms with Crippen LogP contribution in [0.3, 0.4) is 0 Å². The number of hydrogen-bond donors (Lipinski definition) is 2. The largest absolute Gasteiger partial charge is 0.489 e. The zero-order chi connectivity index (χ0) is 41.2. The summed E-state index contributed by atoms with van der Waals surface area (Å²) in [5.74, 6) is 2.37. The first-order valence-electron chi connectivity index (χ1n) is 23.4. The SMILES string of the molecule is CCCC12CC[N+]3(Cc4cccc(COc5ccc6nccc(C(O)C7CC89C(CC)C8CC[N+]79Cc7ccccc7)c6c5)c4)C(C(O)c4ccnc5ccccc45)CC13C2. The number of piperidine rings is 2. The van der Waals surface area contributed by atoms with Crippen LogP contribution in [0.15, 0.2) is 122 Å². The van der Waals surface area contributed by atoms with Crippen molar-refractivity contribution >= 4 is 21.8 Å². The summed E-state index contributed by atoms with van der Waals surface area (Å²) in [6.07, 6.45) is 12.4. The number of aromatic nitrogens is 2. The average Bonchev–Trinajstić information content (AvgIpc) is 4.13. The van der Waals surface area contributed by atoms with E-state index in [1.165, 1.54) is 49.7 Å². The van der Waals surface area contributed by atoms with Crippen molar-refractivity contribution in [3.63, 3.8) is 0 Å². The predicted molar refractivity (Wildman–Crippen MR) is 239 cm³/mol. The van der Waals surface area contributed by atoms with E-state index in [-0.39, 0.29) is 17.6 Å². The summed E-state index contributed by atoms with van der Waals surface area (Å²) in [6.45, 7) is 9.36. The van der Waals surface area contributed by atoms with Gasteiger partial charge in [0.2, 0.25) is 0 Å². The number of ether oxygens (including phenoxy) is 1. The minimum absolute atomic E-state index is 0.160. The van der Waals surface area contributed by atoms with Gasteiger partial charge < -0.3 is 23.9 Å². The molecule has 0 radical (unpaired) electrons. The number of pyridine rings is 2. The summed E-state index contributed by atoms with van der Waals surface area (Å²) in [7, 11) is 0. The second kappa shape index (κ2) is 13.7. The Morgan fingerprint density at radius 2 is 1.41 bits per heavy atom. The fourth-order valence-corrected chi connectivity index (χ4v) is 15.6. The molecule has 11 atom stereocenters. The number of benzene rings is 4. The van der Waals surface area contributed by atoms with Crippen molar-refractivity contribution < 1.29 is 23.9 Å². The van der Waals surface area contributed by atoms with E-state index < -0.39 is 12.2 Å². The highest BCUT2D eigenvalue weighted by molar-refractivity contribution is 5.84. The number of hydrogen-bond acceptors (Lipinski definition) is 5. The molecule has 0 amide bonds. The maximum absolute atomic E-state index is 12.4. The Morgan fingerprint density at radius 1 is 0.705 bits per heavy atom. The number of aliphatic hydroxyl groups is 2. The third-order valence-electron chi connectivity index (χ3n) is 18.1. The Labute approximate surface area is 360 Å². The van der Waals surface area contributed by atoms with Gasteiger partial charge in [0, 0.05) is 70.8 Å². The van der Waals surface area contributed by atoms with E-state index in [1.54, 1.807) is 0 Å². The van der Waals surface area contributed by atoms with Gasteiger partial charge >= 0.3 is 0 Å². The van der Waals surface area contributed by atoms with Crippen molar-refractivity contribution in [3.8, 4) is 5.75 Å². The third kappa shape index (κ3) is 5.18. The van der Waals surface area contributed by atoms with Crippen LogP contribution in [0.5, 0.6) is 5.75 Å². The molecular formula is C54H60N4O3+2. The Bertz CT molecular complexity index is 2660. The summed E-state index contributed by atoms with van der Waals surface area (Å²) >= 11 is 0. The molecule has 4 aliphatic heterocycles. The summed E-state index contributed by atoms with van der Waals surface area (Å²) in [6, 6.07) is 38.8. The van der Waals surface area contributed by atoms with Crippen LogP contribution in [-0.4, -0.2) is 65.4 Å². The van der Waals surface area contributed by atoms with Crippen LogP contribution < -0.4 is 4.74 Å². The first kappa shape index (κ1) is 38.0. The van der Waals surface area contributed by atoms with Crippen molar-refractivity contribution in [2.75, 3.05) is 13.1 Å². The molecule has 2 aromatic heterocycles. The molecular weight excluding hydrogens is 753 g/mol. The van der Waals surface area contributed by atoms with Crippen LogP contribution in [0.1, 0.15) is 105 Å². The summed E-state index contributed by atoms with van der Waals surface area (Å²) in [4.78, 5) is 9.36. The molecule has 7 heteroatoms. The molecule has 11 unspecified atom stereocenters. The molecule has 2 aliphatic carbocycles. The topological polar surface area (TPSA) is 75.5 Å². The Hall–Kier alpha value is -4.66. The number of fused-ring (bicyclic) bond motifs is 2. The lowest BCUT2D eigenvalue weighted by molar-refractivity contribution is -1.03. The van der Waals surface area contributed by atoms with Crippen molar-refractivity contribution in [1.82, 2.24) is 9.97 Å². The van der Waals surface area contributed by atoms with Crippen LogP contribution >= 0.6 is 0 Å². The second-order valence-corrected chi connectivity index (χ2v) is 20.2. The second-order valence-electron chi connectivity index (χ2n) is 20.2. The van der Waals surface area contributed by atoms with Gasteiger partial charge in [-0.1, -0.05) is 87.0 Å². The molecule has 6 heterocycles. The van der Waals surface area contributed by atoms with Crippen molar-refractivity contribution in [2.45, 2.75) is 120 Å². The fraction of sp³-hybridized carbons (Fsp3) is 0.444. The normalized spacial score (nSPS) is 34.7. The zero-order valence-electron chi connectivity index (χ0n) is 35.8. The third-order valence-corrected chi connectivity index (χ3v) is 18.1. The van der Waals surface area contributed by atoms with E-state index in [0.29, 0.717) is 17.6 Å². The van der Waals surface area contributed by atoms with Crippen molar-refractivity contribution in [2.24, 2.45) is 17.3 Å². The van der Waals surface area contributed by atoms with Crippen LogP contribution in [-0.2, 0) is 19.7 Å². The number of nitrogens with zero attached hydrogens (tertiary/aromatic N) is 4. The van der Waals surface area contributed by atoms with E-state index in [4.69, 9.17) is 9.72 Å². The van der Waals surface area contributed by atoms with Gasteiger partial charge in [-0.05, 0) is 72.0 Å². The molecule has 0 bridgehead atoms. The molecule has 6 aliphatic rings. The van der Waals surface area contributed by atoms with Crippen LogP contribution in [0.25, 0.3) is 21.8 Å². The van der Waals surface area contributed by atoms with Crippen molar-refractivity contribution in [3.05, 3.63) is 149 Å². The Morgan fingerprint density at radius 3 is 2.20 bits per heavy atom. The maximum atomic E-state index is 12.4. The number of rotatable bonds is 14. The smallest absolute Gasteiger partial charge is 0.132 e. The van der Waals surface area contributed by atoms with E-state index in [2.05, 4.69) is 104 Å². The molecule has 4 saturated heterocycles. The van der Waals surface area contributed by atoms with Crippen LogP contribution in [0, 0.1) is 17.3 Å². The lowest BCUT2D eigenvalue weighted by atomic mass is 9.76. The molecule has 312 valence electrons. The standard InChI is InChI=1S/C54H60N4O3/c1-3-22-52-23-27-57(48(30-53(52,57)35-52)50(59)41-19-24-55-46-16-9-8-15-40(41)46)33-37-13-10-14-38(28-37)34-61-39-17-18-47-43(29-39)42(20-25-56-47)51(60)49-31-54-44(4-2)45(54)21-26-58(49,54)32-36-11-6-5-7-12-36/h5-20,24-25,28-29,44-45,48-51,59-60H,3-4,21-23,26-27,30-35H2,1-2H3/q+2. The first-order valence-corrected chi connectivity index (χ1v) is 23.4. The van der Waals surface area contributed by atoms with E-state index in [0.717, 1.165) is 104 Å². The molecule has 4 aromatic carbocycles. The van der Waals surface area contributed by atoms with Gasteiger partial charge in [0.05, 0.1) is 37.0 Å². The van der Waals surface area contributed by atoms with E-state index in [9.17, 15) is 10.2 Å². The quantitative estimate of drug-likeness (QED) is 0.107. The molecule has 7 nitrogen and oxygen atoms in total. The van der Waals surface area contributed by atoms with Gasteiger partial charge in [0.1, 0.15) is 60.8 Å². The maximum Gasteiger partial charge on any atom is 0.132 e. The summed E-state index contributed by atoms with van der Waals surface area (Å²) < 4.78 is 8.63. The summed E-state index contributed by atoms with van der Waals surface area (Å²) in [5, 5.41) is 26.8. The monoisotopic (exact) mass is 812 g/mol. The van der Waals surface area contributed by atoms with Crippen LogP contribution in [0.4, 0.5) is 0 Å². The molecule has 6 fully saturated rings. The lowest BCUT2D eigenvalue weighted by Crippen LogP contribution is -2.73. The van der Waals surface area contributed by atoms with Crippen molar-refractivity contribution in [1.29, 1.82) is 0 Å². The lowest BCUT2D eigenvalue weighted by Gasteiger charge is -2.60. The number of quaternary nitrogens is 2. The fourth-order valence-electron chi connectivity index (χ4n) is 15.6. The van der Waals surface area contributed by atoms with Gasteiger partial charge in [-0.25, -0.2) is 0 Å². The minimum Gasteiger partial charge on any atom is -0.489 e. The molecule has 12 rings (SSSR count). The Balaban J connectivity index is 0.797.